The molecule has 15 heavy (non-hydrogen) atoms. The Kier molecular flexibility index (Phi) is 8.29. The summed E-state index contributed by atoms with van der Waals surface area (Å²) >= 11 is 0. The van der Waals surface area contributed by atoms with Crippen molar-refractivity contribution >= 4 is 19.8 Å². The average molecular weight is 209 g/mol. The van der Waals surface area contributed by atoms with Gasteiger partial charge in [0.1, 0.15) is 6.29 Å². The summed E-state index contributed by atoms with van der Waals surface area (Å²) in [4.78, 5) is 23.7. The third-order valence-corrected chi connectivity index (χ3v) is 2.33. The lowest BCUT2D eigenvalue weighted by atomic mass is 9.95. The van der Waals surface area contributed by atoms with Gasteiger partial charge >= 0.3 is 0 Å². The van der Waals surface area contributed by atoms with E-state index in [0.29, 0.717) is 6.42 Å². The molecule has 2 radical (unpaired) electrons. The van der Waals surface area contributed by atoms with Crippen LogP contribution in [0.4, 0.5) is 0 Å². The van der Waals surface area contributed by atoms with Crippen molar-refractivity contribution in [2.45, 2.75) is 45.6 Å². The molecular weight excluding hydrogens is 189 g/mol. The van der Waals surface area contributed by atoms with Gasteiger partial charge in [0.25, 0.3) is 0 Å². The molecule has 1 atom stereocenters. The van der Waals surface area contributed by atoms with Crippen LogP contribution in [0.2, 0.25) is 0 Å². The Morgan fingerprint density at radius 1 is 1.33 bits per heavy atom. The number of hydrogen-bond acceptors (Lipinski definition) is 3. The van der Waals surface area contributed by atoms with Gasteiger partial charge in [0.2, 0.25) is 0 Å². The lowest BCUT2D eigenvalue weighted by Crippen LogP contribution is -2.38. The molecule has 0 saturated heterocycles. The maximum absolute atomic E-state index is 10.9. The average Bonchev–Trinajstić information content (AvgIpc) is 2.19. The van der Waals surface area contributed by atoms with Crippen LogP contribution in [0.3, 0.4) is 0 Å². The first-order valence-electron chi connectivity index (χ1n) is 5.63. The van der Waals surface area contributed by atoms with E-state index in [2.05, 4.69) is 18.7 Å². The molecule has 0 aromatic carbocycles. The summed E-state index contributed by atoms with van der Waals surface area (Å²) in [7, 11) is 5.07. The minimum absolute atomic E-state index is 0.155. The zero-order chi connectivity index (χ0) is 11.7. The highest BCUT2D eigenvalue weighted by atomic mass is 16.1. The second-order valence-electron chi connectivity index (χ2n) is 3.74. The Morgan fingerprint density at radius 2 is 1.87 bits per heavy atom. The fourth-order valence-electron chi connectivity index (χ4n) is 1.64. The second-order valence-corrected chi connectivity index (χ2v) is 3.74. The summed E-state index contributed by atoms with van der Waals surface area (Å²) in [6.45, 7) is 5.96. The van der Waals surface area contributed by atoms with Crippen LogP contribution in [0.15, 0.2) is 0 Å². The van der Waals surface area contributed by atoms with Crippen LogP contribution in [-0.2, 0) is 9.59 Å². The Morgan fingerprint density at radius 3 is 2.20 bits per heavy atom. The van der Waals surface area contributed by atoms with Crippen LogP contribution < -0.4 is 0 Å². The molecule has 0 aliphatic rings. The molecule has 4 heteroatoms. The van der Waals surface area contributed by atoms with Gasteiger partial charge in [0.05, 0.1) is 11.7 Å². The van der Waals surface area contributed by atoms with Gasteiger partial charge in [-0.15, -0.1) is 0 Å². The van der Waals surface area contributed by atoms with Gasteiger partial charge in [-0.25, -0.2) is 0 Å². The van der Waals surface area contributed by atoms with Crippen molar-refractivity contribution < 1.29 is 9.59 Å². The molecule has 0 spiro atoms. The van der Waals surface area contributed by atoms with Crippen molar-refractivity contribution in [2.24, 2.45) is 0 Å². The Bertz CT molecular complexity index is 191. The summed E-state index contributed by atoms with van der Waals surface area (Å²) in [5.41, 5.74) is -0.338. The lowest BCUT2D eigenvalue weighted by molar-refractivity contribution is -0.114. The van der Waals surface area contributed by atoms with E-state index < -0.39 is 0 Å². The van der Waals surface area contributed by atoms with Gasteiger partial charge in [-0.3, -0.25) is 4.90 Å². The van der Waals surface area contributed by atoms with Crippen molar-refractivity contribution in [3.05, 3.63) is 0 Å². The summed E-state index contributed by atoms with van der Waals surface area (Å²) in [5.74, 6) is 0. The van der Waals surface area contributed by atoms with E-state index in [1.807, 2.05) is 0 Å². The van der Waals surface area contributed by atoms with Crippen molar-refractivity contribution in [3.63, 3.8) is 0 Å². The number of carbonyl (C=O) groups is 2. The third-order valence-electron chi connectivity index (χ3n) is 2.33. The molecule has 0 heterocycles. The topological polar surface area (TPSA) is 37.4 Å². The smallest absolute Gasteiger partial charge is 0.167 e. The molecule has 1 unspecified atom stereocenters. The second kappa shape index (κ2) is 8.66. The third kappa shape index (κ3) is 6.45. The van der Waals surface area contributed by atoms with Crippen LogP contribution in [0.5, 0.6) is 0 Å². The molecule has 0 aromatic heterocycles. The first-order chi connectivity index (χ1) is 7.15. The Hall–Kier alpha value is -0.635. The van der Waals surface area contributed by atoms with Crippen LogP contribution in [0.1, 0.15) is 39.5 Å². The Labute approximate surface area is 93.6 Å². The fraction of sp³-hybridized carbons (Fsp3) is 0.818. The summed E-state index contributed by atoms with van der Waals surface area (Å²) < 4.78 is 0. The summed E-state index contributed by atoms with van der Waals surface area (Å²) in [6.07, 6.45) is 3.78. The predicted molar refractivity (Wildman–Crippen MR) is 62.0 cm³/mol. The number of carbonyl (C=O) groups excluding carboxylic acids is 2. The van der Waals surface area contributed by atoms with Gasteiger partial charge in [-0.05, 0) is 38.8 Å². The van der Waals surface area contributed by atoms with E-state index in [4.69, 9.17) is 7.85 Å². The van der Waals surface area contributed by atoms with E-state index in [9.17, 15) is 9.59 Å². The zero-order valence-corrected chi connectivity index (χ0v) is 9.74. The Balaban J connectivity index is 4.16. The summed E-state index contributed by atoms with van der Waals surface area (Å²) in [5, 5.41) is 0. The van der Waals surface area contributed by atoms with Crippen LogP contribution in [-0.4, -0.2) is 43.8 Å². The first kappa shape index (κ1) is 14.4. The molecule has 0 bridgehead atoms. The number of aldehydes is 1. The first-order valence-corrected chi connectivity index (χ1v) is 5.63. The van der Waals surface area contributed by atoms with Crippen LogP contribution in [0, 0.1) is 0 Å². The van der Waals surface area contributed by atoms with Gasteiger partial charge in [0, 0.05) is 0 Å². The molecule has 0 N–H and O–H groups in total. The normalized spacial score (nSPS) is 12.7. The quantitative estimate of drug-likeness (QED) is 0.422. The van der Waals surface area contributed by atoms with Crippen LogP contribution >= 0.6 is 0 Å². The van der Waals surface area contributed by atoms with Crippen molar-refractivity contribution in [2.75, 3.05) is 13.1 Å². The molecule has 0 aliphatic heterocycles. The predicted octanol–water partition coefficient (Wildman–Crippen LogP) is 1.15. The van der Waals surface area contributed by atoms with Gasteiger partial charge in [-0.2, -0.15) is 0 Å². The molecular formula is C11H20BNO2. The van der Waals surface area contributed by atoms with Gasteiger partial charge in [-0.1, -0.05) is 13.8 Å². The van der Waals surface area contributed by atoms with Gasteiger partial charge < -0.3 is 9.59 Å². The molecule has 0 saturated carbocycles. The van der Waals surface area contributed by atoms with E-state index in [1.165, 1.54) is 0 Å². The number of rotatable bonds is 9. The fourth-order valence-corrected chi connectivity index (χ4v) is 1.64. The number of nitrogens with zero attached hydrogens (tertiary/aromatic N) is 1. The van der Waals surface area contributed by atoms with E-state index in [1.54, 1.807) is 0 Å². The highest BCUT2D eigenvalue weighted by Crippen LogP contribution is 2.07. The molecule has 0 amide bonds. The van der Waals surface area contributed by atoms with Crippen molar-refractivity contribution in [3.8, 4) is 0 Å². The van der Waals surface area contributed by atoms with Gasteiger partial charge in [0.15, 0.2) is 7.85 Å². The minimum Gasteiger partial charge on any atom is -0.313 e. The maximum Gasteiger partial charge on any atom is 0.167 e. The molecule has 0 fully saturated rings. The molecule has 84 valence electrons. The minimum atomic E-state index is -0.338. The number of hydrogen-bond donors (Lipinski definition) is 0. The SMILES string of the molecule is [B]C(=O)CCC(C=O)N(CCC)CCC. The highest BCUT2D eigenvalue weighted by molar-refractivity contribution is 6.57. The molecule has 3 nitrogen and oxygen atoms in total. The monoisotopic (exact) mass is 209 g/mol. The summed E-state index contributed by atoms with van der Waals surface area (Å²) in [6, 6.07) is -0.155. The maximum atomic E-state index is 10.9. The molecule has 0 rings (SSSR count). The van der Waals surface area contributed by atoms with E-state index in [-0.39, 0.29) is 18.1 Å². The van der Waals surface area contributed by atoms with Crippen LogP contribution in [0.25, 0.3) is 0 Å². The largest absolute Gasteiger partial charge is 0.313 e. The van der Waals surface area contributed by atoms with Crippen molar-refractivity contribution in [1.82, 2.24) is 4.90 Å². The zero-order valence-electron chi connectivity index (χ0n) is 9.74. The molecule has 0 aliphatic carbocycles. The van der Waals surface area contributed by atoms with E-state index >= 15 is 0 Å². The standard InChI is InChI=1S/C11H20BNO2/c1-3-7-13(8-4-2)10(9-14)5-6-11(12)15/h9-10H,3-8H2,1-2H3. The highest BCUT2D eigenvalue weighted by Gasteiger charge is 2.16. The molecule has 0 aromatic rings. The van der Waals surface area contributed by atoms with E-state index in [0.717, 1.165) is 32.2 Å². The van der Waals surface area contributed by atoms with Crippen molar-refractivity contribution in [1.29, 1.82) is 0 Å². The lowest BCUT2D eigenvalue weighted by Gasteiger charge is -2.26.